The lowest BCUT2D eigenvalue weighted by Crippen LogP contribution is -2.30. The third kappa shape index (κ3) is 6.35. The summed E-state index contributed by atoms with van der Waals surface area (Å²) in [4.78, 5) is 16.7. The Labute approximate surface area is 192 Å². The van der Waals surface area contributed by atoms with E-state index in [1.54, 1.807) is 0 Å². The van der Waals surface area contributed by atoms with Gasteiger partial charge in [0.2, 0.25) is 5.91 Å². The normalized spacial score (nSPS) is 12.3. The van der Waals surface area contributed by atoms with Crippen molar-refractivity contribution in [2.24, 2.45) is 5.92 Å². The van der Waals surface area contributed by atoms with Gasteiger partial charge in [-0.2, -0.15) is 0 Å². The molecule has 3 aromatic rings. The standard InChI is InChI=1S/C27H37N3O2/c1-5-21(4)22-12-14-23(15-13-22)32-19-9-8-18-30-25-11-7-6-10-24(25)29-26(30)16-17-28-27(31)20(2)3/h6-7,10-15,20-21H,5,8-9,16-19H2,1-4H3,(H,28,31). The van der Waals surface area contributed by atoms with Gasteiger partial charge in [-0.1, -0.05) is 52.0 Å². The Bertz CT molecular complexity index is 992. The Morgan fingerprint density at radius 2 is 1.81 bits per heavy atom. The number of carbonyl (C=O) groups excluding carboxylic acids is 1. The van der Waals surface area contributed by atoms with Crippen molar-refractivity contribution in [2.45, 2.75) is 65.8 Å². The maximum absolute atomic E-state index is 11.9. The summed E-state index contributed by atoms with van der Waals surface area (Å²) in [6, 6.07) is 16.7. The number of rotatable bonds is 12. The number of unbranched alkanes of at least 4 members (excludes halogenated alkanes) is 1. The van der Waals surface area contributed by atoms with Gasteiger partial charge in [-0.25, -0.2) is 4.98 Å². The van der Waals surface area contributed by atoms with Crippen LogP contribution in [0.2, 0.25) is 0 Å². The predicted molar refractivity (Wildman–Crippen MR) is 131 cm³/mol. The Balaban J connectivity index is 1.52. The number of aryl methyl sites for hydroxylation is 1. The van der Waals surface area contributed by atoms with E-state index < -0.39 is 0 Å². The molecule has 5 nitrogen and oxygen atoms in total. The zero-order valence-electron chi connectivity index (χ0n) is 19.9. The molecule has 32 heavy (non-hydrogen) atoms. The van der Waals surface area contributed by atoms with Crippen molar-refractivity contribution in [3.05, 3.63) is 59.9 Å². The first-order valence-corrected chi connectivity index (χ1v) is 11.9. The fourth-order valence-corrected chi connectivity index (χ4v) is 3.76. The van der Waals surface area contributed by atoms with Crippen molar-refractivity contribution in [1.82, 2.24) is 14.9 Å². The molecule has 1 unspecified atom stereocenters. The molecule has 0 spiro atoms. The highest BCUT2D eigenvalue weighted by atomic mass is 16.5. The van der Waals surface area contributed by atoms with E-state index in [2.05, 4.69) is 60.1 Å². The highest BCUT2D eigenvalue weighted by Crippen LogP contribution is 2.22. The minimum absolute atomic E-state index is 0.0000609. The van der Waals surface area contributed by atoms with Gasteiger partial charge < -0.3 is 14.6 Å². The first kappa shape index (κ1) is 23.8. The molecule has 0 aliphatic heterocycles. The highest BCUT2D eigenvalue weighted by molar-refractivity contribution is 5.78. The molecule has 1 atom stereocenters. The van der Waals surface area contributed by atoms with Crippen LogP contribution in [-0.4, -0.2) is 28.6 Å². The van der Waals surface area contributed by atoms with E-state index in [1.165, 1.54) is 5.56 Å². The van der Waals surface area contributed by atoms with E-state index in [9.17, 15) is 4.79 Å². The van der Waals surface area contributed by atoms with Crippen molar-refractivity contribution < 1.29 is 9.53 Å². The lowest BCUT2D eigenvalue weighted by atomic mass is 9.99. The number of carbonyl (C=O) groups is 1. The summed E-state index contributed by atoms with van der Waals surface area (Å²) in [5.41, 5.74) is 3.53. The Morgan fingerprint density at radius 3 is 2.53 bits per heavy atom. The molecule has 0 fully saturated rings. The van der Waals surface area contributed by atoms with Crippen LogP contribution >= 0.6 is 0 Å². The van der Waals surface area contributed by atoms with Crippen molar-refractivity contribution in [3.63, 3.8) is 0 Å². The van der Waals surface area contributed by atoms with Gasteiger partial charge in [0, 0.05) is 25.4 Å². The highest BCUT2D eigenvalue weighted by Gasteiger charge is 2.12. The molecular weight excluding hydrogens is 398 g/mol. The molecule has 1 N–H and O–H groups in total. The molecule has 1 heterocycles. The molecule has 0 aliphatic carbocycles. The lowest BCUT2D eigenvalue weighted by molar-refractivity contribution is -0.123. The number of hydrogen-bond acceptors (Lipinski definition) is 3. The number of ether oxygens (including phenoxy) is 1. The molecule has 0 radical (unpaired) electrons. The molecule has 5 heteroatoms. The quantitative estimate of drug-likeness (QED) is 0.370. The Morgan fingerprint density at radius 1 is 1.06 bits per heavy atom. The minimum atomic E-state index is 0.0000609. The molecule has 3 rings (SSSR count). The molecule has 0 saturated carbocycles. The van der Waals surface area contributed by atoms with Gasteiger partial charge in [-0.05, 0) is 55.0 Å². The molecule has 2 aromatic carbocycles. The maximum atomic E-state index is 11.9. The maximum Gasteiger partial charge on any atom is 0.222 e. The number of imidazole rings is 1. The monoisotopic (exact) mass is 435 g/mol. The first-order valence-electron chi connectivity index (χ1n) is 11.9. The average Bonchev–Trinajstić information content (AvgIpc) is 3.16. The summed E-state index contributed by atoms with van der Waals surface area (Å²) in [7, 11) is 0. The summed E-state index contributed by atoms with van der Waals surface area (Å²) >= 11 is 0. The number of para-hydroxylation sites is 2. The zero-order valence-corrected chi connectivity index (χ0v) is 19.9. The van der Waals surface area contributed by atoms with Gasteiger partial charge in [-0.15, -0.1) is 0 Å². The average molecular weight is 436 g/mol. The number of benzene rings is 2. The van der Waals surface area contributed by atoms with Crippen LogP contribution in [0, 0.1) is 5.92 Å². The minimum Gasteiger partial charge on any atom is -0.494 e. The summed E-state index contributed by atoms with van der Waals surface area (Å²) in [5, 5.41) is 3.00. The van der Waals surface area contributed by atoms with E-state index in [0.717, 1.165) is 54.8 Å². The lowest BCUT2D eigenvalue weighted by Gasteiger charge is -2.12. The topological polar surface area (TPSA) is 56.1 Å². The van der Waals surface area contributed by atoms with Crippen LogP contribution < -0.4 is 10.1 Å². The summed E-state index contributed by atoms with van der Waals surface area (Å²) in [6.45, 7) is 10.5. The fraction of sp³-hybridized carbons (Fsp3) is 0.481. The van der Waals surface area contributed by atoms with E-state index in [-0.39, 0.29) is 11.8 Å². The second-order valence-corrected chi connectivity index (χ2v) is 8.80. The molecule has 1 aromatic heterocycles. The molecular formula is C27H37N3O2. The molecule has 172 valence electrons. The summed E-state index contributed by atoms with van der Waals surface area (Å²) in [6.07, 6.45) is 3.86. The second-order valence-electron chi connectivity index (χ2n) is 8.80. The largest absolute Gasteiger partial charge is 0.494 e. The Kier molecular flexibility index (Phi) is 8.72. The van der Waals surface area contributed by atoms with E-state index in [1.807, 2.05) is 26.0 Å². The van der Waals surface area contributed by atoms with Gasteiger partial charge in [0.05, 0.1) is 17.6 Å². The molecule has 1 amide bonds. The van der Waals surface area contributed by atoms with Crippen molar-refractivity contribution in [3.8, 4) is 5.75 Å². The smallest absolute Gasteiger partial charge is 0.222 e. The number of nitrogens with zero attached hydrogens (tertiary/aromatic N) is 2. The third-order valence-electron chi connectivity index (χ3n) is 6.01. The van der Waals surface area contributed by atoms with Crippen LogP contribution in [-0.2, 0) is 17.8 Å². The number of fused-ring (bicyclic) bond motifs is 1. The van der Waals surface area contributed by atoms with E-state index in [4.69, 9.17) is 9.72 Å². The van der Waals surface area contributed by atoms with Crippen LogP contribution in [0.5, 0.6) is 5.75 Å². The van der Waals surface area contributed by atoms with Crippen LogP contribution in [0.4, 0.5) is 0 Å². The van der Waals surface area contributed by atoms with Crippen molar-refractivity contribution in [2.75, 3.05) is 13.2 Å². The second kappa shape index (κ2) is 11.7. The molecule has 0 aliphatic rings. The predicted octanol–water partition coefficient (Wildman–Crippen LogP) is 5.72. The fourth-order valence-electron chi connectivity index (χ4n) is 3.76. The van der Waals surface area contributed by atoms with Crippen LogP contribution in [0.1, 0.15) is 64.3 Å². The van der Waals surface area contributed by atoms with Gasteiger partial charge in [0.25, 0.3) is 0 Å². The SMILES string of the molecule is CCC(C)c1ccc(OCCCCn2c(CCNC(=O)C(C)C)nc3ccccc32)cc1. The van der Waals surface area contributed by atoms with Gasteiger partial charge >= 0.3 is 0 Å². The van der Waals surface area contributed by atoms with E-state index >= 15 is 0 Å². The molecule has 0 bridgehead atoms. The number of amides is 1. The van der Waals surface area contributed by atoms with E-state index in [0.29, 0.717) is 19.1 Å². The third-order valence-corrected chi connectivity index (χ3v) is 6.01. The van der Waals surface area contributed by atoms with Gasteiger partial charge in [0.15, 0.2) is 0 Å². The van der Waals surface area contributed by atoms with Gasteiger partial charge in [0.1, 0.15) is 11.6 Å². The van der Waals surface area contributed by atoms with Crippen molar-refractivity contribution in [1.29, 1.82) is 0 Å². The number of aromatic nitrogens is 2. The molecule has 0 saturated heterocycles. The first-order chi connectivity index (χ1) is 15.5. The van der Waals surface area contributed by atoms with Crippen LogP contribution in [0.3, 0.4) is 0 Å². The number of nitrogens with one attached hydrogen (secondary N) is 1. The van der Waals surface area contributed by atoms with Crippen molar-refractivity contribution >= 4 is 16.9 Å². The van der Waals surface area contributed by atoms with Gasteiger partial charge in [-0.3, -0.25) is 4.79 Å². The zero-order chi connectivity index (χ0) is 22.9. The van der Waals surface area contributed by atoms with Crippen LogP contribution in [0.25, 0.3) is 11.0 Å². The summed E-state index contributed by atoms with van der Waals surface area (Å²) in [5.74, 6) is 2.63. The Hall–Kier alpha value is -2.82. The summed E-state index contributed by atoms with van der Waals surface area (Å²) < 4.78 is 8.24. The van der Waals surface area contributed by atoms with Crippen LogP contribution in [0.15, 0.2) is 48.5 Å². The number of hydrogen-bond donors (Lipinski definition) is 1.